The quantitative estimate of drug-likeness (QED) is 0.341. The van der Waals surface area contributed by atoms with E-state index >= 15 is 0 Å². The van der Waals surface area contributed by atoms with Crippen LogP contribution >= 0.6 is 23.1 Å². The maximum absolute atomic E-state index is 13.3. The summed E-state index contributed by atoms with van der Waals surface area (Å²) in [6, 6.07) is 6.39. The first-order valence-electron chi connectivity index (χ1n) is 9.24. The summed E-state index contributed by atoms with van der Waals surface area (Å²) in [5.41, 5.74) is 1.89. The van der Waals surface area contributed by atoms with Crippen molar-refractivity contribution in [2.75, 3.05) is 31.9 Å². The van der Waals surface area contributed by atoms with Crippen molar-refractivity contribution in [3.8, 4) is 11.1 Å². The van der Waals surface area contributed by atoms with E-state index in [1.165, 1.54) is 41.6 Å². The Morgan fingerprint density at radius 3 is 2.66 bits per heavy atom. The molecule has 0 aliphatic carbocycles. The third-order valence-electron chi connectivity index (χ3n) is 4.86. The van der Waals surface area contributed by atoms with E-state index in [0.29, 0.717) is 38.4 Å². The molecule has 2 aromatic heterocycles. The molecule has 3 heterocycles. The average Bonchev–Trinajstić information content (AvgIpc) is 3.19. The highest BCUT2D eigenvalue weighted by molar-refractivity contribution is 7.99. The number of rotatable bonds is 6. The van der Waals surface area contributed by atoms with E-state index in [0.717, 1.165) is 32.8 Å². The molecule has 0 saturated carbocycles. The number of fused-ring (bicyclic) bond motifs is 1. The lowest BCUT2D eigenvalue weighted by molar-refractivity contribution is -0.134. The summed E-state index contributed by atoms with van der Waals surface area (Å²) >= 11 is 3.06. The van der Waals surface area contributed by atoms with Crippen LogP contribution in [0.5, 0.6) is 0 Å². The molecular formula is C20H19FN4O2S2. The van der Waals surface area contributed by atoms with E-state index in [4.69, 9.17) is 0 Å². The van der Waals surface area contributed by atoms with Gasteiger partial charge >= 0.3 is 0 Å². The number of aromatic nitrogens is 2. The molecule has 4 rings (SSSR count). The number of hydrogen-bond donors (Lipinski definition) is 0. The van der Waals surface area contributed by atoms with Gasteiger partial charge < -0.3 is 9.80 Å². The van der Waals surface area contributed by atoms with Crippen molar-refractivity contribution in [1.82, 2.24) is 19.8 Å². The fourth-order valence-corrected chi connectivity index (χ4v) is 5.19. The first-order chi connectivity index (χ1) is 14.2. The summed E-state index contributed by atoms with van der Waals surface area (Å²) in [5.74, 6) is 0.432. The Morgan fingerprint density at radius 1 is 1.17 bits per heavy atom. The summed E-state index contributed by atoms with van der Waals surface area (Å²) in [6.45, 7) is 2.34. The summed E-state index contributed by atoms with van der Waals surface area (Å²) < 4.78 is 13.3. The predicted octanol–water partition coefficient (Wildman–Crippen LogP) is 3.28. The van der Waals surface area contributed by atoms with Gasteiger partial charge in [-0.2, -0.15) is 0 Å². The van der Waals surface area contributed by atoms with Crippen molar-refractivity contribution in [3.63, 3.8) is 0 Å². The molecule has 1 aliphatic heterocycles. The minimum Gasteiger partial charge on any atom is -0.342 e. The highest BCUT2D eigenvalue weighted by Crippen LogP contribution is 2.38. The Kier molecular flexibility index (Phi) is 6.05. The molecule has 9 heteroatoms. The smallest absolute Gasteiger partial charge is 0.223 e. The topological polar surface area (TPSA) is 66.4 Å². The van der Waals surface area contributed by atoms with Gasteiger partial charge in [-0.05, 0) is 17.7 Å². The lowest BCUT2D eigenvalue weighted by Crippen LogP contribution is -2.48. The summed E-state index contributed by atoms with van der Waals surface area (Å²) in [5, 5.41) is 3.78. The number of carbonyl (C=O) groups is 2. The number of halogens is 1. The molecule has 0 radical (unpaired) electrons. The van der Waals surface area contributed by atoms with Gasteiger partial charge in [-0.1, -0.05) is 12.1 Å². The van der Waals surface area contributed by atoms with Crippen molar-refractivity contribution in [2.45, 2.75) is 11.4 Å². The summed E-state index contributed by atoms with van der Waals surface area (Å²) in [6.07, 6.45) is 2.78. The van der Waals surface area contributed by atoms with Crippen molar-refractivity contribution in [3.05, 3.63) is 41.8 Å². The molecule has 29 heavy (non-hydrogen) atoms. The van der Waals surface area contributed by atoms with Crippen LogP contribution in [-0.2, 0) is 9.59 Å². The van der Waals surface area contributed by atoms with Crippen LogP contribution in [0.25, 0.3) is 21.3 Å². The number of amides is 2. The zero-order chi connectivity index (χ0) is 20.2. The second-order valence-electron chi connectivity index (χ2n) is 6.64. The monoisotopic (exact) mass is 430 g/mol. The van der Waals surface area contributed by atoms with Crippen LogP contribution in [0.15, 0.2) is 41.0 Å². The predicted molar refractivity (Wildman–Crippen MR) is 112 cm³/mol. The van der Waals surface area contributed by atoms with Gasteiger partial charge in [-0.25, -0.2) is 14.4 Å². The Morgan fingerprint density at radius 2 is 1.93 bits per heavy atom. The van der Waals surface area contributed by atoms with Gasteiger partial charge in [0.1, 0.15) is 22.0 Å². The van der Waals surface area contributed by atoms with Gasteiger partial charge in [-0.3, -0.25) is 9.59 Å². The number of piperazine rings is 1. The number of nitrogens with zero attached hydrogens (tertiary/aromatic N) is 4. The first-order valence-corrected chi connectivity index (χ1v) is 11.1. The average molecular weight is 431 g/mol. The van der Waals surface area contributed by atoms with Gasteiger partial charge in [-0.15, -0.1) is 23.1 Å². The zero-order valence-electron chi connectivity index (χ0n) is 15.6. The van der Waals surface area contributed by atoms with Gasteiger partial charge in [0.05, 0.1) is 5.39 Å². The van der Waals surface area contributed by atoms with E-state index in [1.54, 1.807) is 17.0 Å². The standard InChI is InChI=1S/C20H19FN4O2S2/c21-15-3-1-14(2-4-15)16-11-29-20-18(16)19(22-12-23-20)28-10-5-17(27)25-8-6-24(13-26)7-9-25/h1-4,11-13H,5-10H2. The van der Waals surface area contributed by atoms with Gasteiger partial charge in [0, 0.05) is 49.3 Å². The normalized spacial score (nSPS) is 14.4. The Labute approximate surface area is 175 Å². The SMILES string of the molecule is O=CN1CCN(C(=O)CCSc2ncnc3scc(-c4ccc(F)cc4)c23)CC1. The van der Waals surface area contributed by atoms with Crippen LogP contribution in [0.2, 0.25) is 0 Å². The molecule has 1 saturated heterocycles. The molecule has 150 valence electrons. The second-order valence-corrected chi connectivity index (χ2v) is 8.58. The number of thioether (sulfide) groups is 1. The number of hydrogen-bond acceptors (Lipinski definition) is 6. The molecule has 1 aromatic carbocycles. The molecule has 2 amide bonds. The molecule has 6 nitrogen and oxygen atoms in total. The van der Waals surface area contributed by atoms with E-state index < -0.39 is 0 Å². The largest absolute Gasteiger partial charge is 0.342 e. The van der Waals surface area contributed by atoms with Crippen molar-refractivity contribution >= 4 is 45.6 Å². The van der Waals surface area contributed by atoms with E-state index in [9.17, 15) is 14.0 Å². The summed E-state index contributed by atoms with van der Waals surface area (Å²) in [4.78, 5) is 36.4. The van der Waals surface area contributed by atoms with E-state index in [-0.39, 0.29) is 11.7 Å². The minimum atomic E-state index is -0.272. The molecule has 0 unspecified atom stereocenters. The fraction of sp³-hybridized carbons (Fsp3) is 0.300. The van der Waals surface area contributed by atoms with Gasteiger partial charge in [0.2, 0.25) is 12.3 Å². The number of carbonyl (C=O) groups excluding carboxylic acids is 2. The highest BCUT2D eigenvalue weighted by atomic mass is 32.2. The van der Waals surface area contributed by atoms with Crippen LogP contribution in [0, 0.1) is 5.82 Å². The first kappa shape index (κ1) is 19.8. The Hall–Kier alpha value is -2.52. The maximum Gasteiger partial charge on any atom is 0.223 e. The van der Waals surface area contributed by atoms with Crippen LogP contribution < -0.4 is 0 Å². The molecule has 3 aromatic rings. The minimum absolute atomic E-state index is 0.0948. The third-order valence-corrected chi connectivity index (χ3v) is 6.74. The number of thiophene rings is 1. The van der Waals surface area contributed by atoms with Crippen LogP contribution in [0.3, 0.4) is 0 Å². The van der Waals surface area contributed by atoms with Crippen molar-refractivity contribution < 1.29 is 14.0 Å². The zero-order valence-corrected chi connectivity index (χ0v) is 17.2. The lowest BCUT2D eigenvalue weighted by atomic mass is 10.1. The third kappa shape index (κ3) is 4.40. The Balaban J connectivity index is 1.44. The van der Waals surface area contributed by atoms with Crippen molar-refractivity contribution in [2.24, 2.45) is 0 Å². The molecule has 1 aliphatic rings. The van der Waals surface area contributed by atoms with Gasteiger partial charge in [0.15, 0.2) is 0 Å². The molecule has 0 atom stereocenters. The highest BCUT2D eigenvalue weighted by Gasteiger charge is 2.20. The number of benzene rings is 1. The molecule has 0 spiro atoms. The Bertz CT molecular complexity index is 1020. The molecule has 0 bridgehead atoms. The van der Waals surface area contributed by atoms with Crippen molar-refractivity contribution in [1.29, 1.82) is 0 Å². The van der Waals surface area contributed by atoms with E-state index in [2.05, 4.69) is 9.97 Å². The fourth-order valence-electron chi connectivity index (χ4n) is 3.27. The lowest BCUT2D eigenvalue weighted by Gasteiger charge is -2.32. The molecule has 1 fully saturated rings. The van der Waals surface area contributed by atoms with E-state index in [1.807, 2.05) is 10.3 Å². The van der Waals surface area contributed by atoms with Crippen LogP contribution in [0.1, 0.15) is 6.42 Å². The molecular weight excluding hydrogens is 411 g/mol. The van der Waals surface area contributed by atoms with Crippen LogP contribution in [-0.4, -0.2) is 64.0 Å². The van der Waals surface area contributed by atoms with Gasteiger partial charge in [0.25, 0.3) is 0 Å². The maximum atomic E-state index is 13.3. The molecule has 0 N–H and O–H groups in total. The summed E-state index contributed by atoms with van der Waals surface area (Å²) in [7, 11) is 0. The second kappa shape index (κ2) is 8.87. The van der Waals surface area contributed by atoms with Crippen LogP contribution in [0.4, 0.5) is 4.39 Å².